The van der Waals surface area contributed by atoms with Crippen molar-refractivity contribution in [3.8, 4) is 0 Å². The molecule has 0 aliphatic carbocycles. The van der Waals surface area contributed by atoms with Crippen molar-refractivity contribution in [3.63, 3.8) is 0 Å². The molecule has 19 heavy (non-hydrogen) atoms. The van der Waals surface area contributed by atoms with E-state index < -0.39 is 10.0 Å². The summed E-state index contributed by atoms with van der Waals surface area (Å²) in [6.45, 7) is 1.61. The molecule has 2 rings (SSSR count). The molecule has 1 aromatic rings. The lowest BCUT2D eigenvalue weighted by atomic mass is 10.1. The number of sulfonamides is 1. The Morgan fingerprint density at radius 3 is 2.21 bits per heavy atom. The van der Waals surface area contributed by atoms with Gasteiger partial charge in [0.15, 0.2) is 0 Å². The van der Waals surface area contributed by atoms with E-state index in [2.05, 4.69) is 5.32 Å². The zero-order valence-electron chi connectivity index (χ0n) is 10.7. The molecule has 0 aromatic heterocycles. The van der Waals surface area contributed by atoms with Crippen LogP contribution in [0.3, 0.4) is 0 Å². The molecule has 4 nitrogen and oxygen atoms in total. The van der Waals surface area contributed by atoms with E-state index in [9.17, 15) is 12.8 Å². The number of nitrogens with zero attached hydrogens (tertiary/aromatic N) is 1. The summed E-state index contributed by atoms with van der Waals surface area (Å²) in [6.07, 6.45) is 2.73. The maximum atomic E-state index is 12.9. The molecule has 1 fully saturated rings. The van der Waals surface area contributed by atoms with Gasteiger partial charge in [-0.2, -0.15) is 0 Å². The van der Waals surface area contributed by atoms with Crippen molar-refractivity contribution in [3.05, 3.63) is 30.1 Å². The average Bonchev–Trinajstić information content (AvgIpc) is 2.32. The number of halogens is 2. The number of benzene rings is 1. The highest BCUT2D eigenvalue weighted by Gasteiger charge is 2.28. The van der Waals surface area contributed by atoms with E-state index >= 15 is 0 Å². The third-order valence-electron chi connectivity index (χ3n) is 3.08. The van der Waals surface area contributed by atoms with Gasteiger partial charge in [-0.05, 0) is 50.2 Å². The SMILES string of the molecule is CS(=O)(=O)N(c1ccc(F)cc1)C1CCNCC1.Cl. The van der Waals surface area contributed by atoms with E-state index in [0.29, 0.717) is 5.69 Å². The fraction of sp³-hybridized carbons (Fsp3) is 0.500. The maximum absolute atomic E-state index is 12.9. The van der Waals surface area contributed by atoms with Gasteiger partial charge in [0.25, 0.3) is 0 Å². The summed E-state index contributed by atoms with van der Waals surface area (Å²) in [5.41, 5.74) is 0.533. The molecule has 0 saturated carbocycles. The third kappa shape index (κ3) is 4.06. The summed E-state index contributed by atoms with van der Waals surface area (Å²) >= 11 is 0. The summed E-state index contributed by atoms with van der Waals surface area (Å²) in [7, 11) is -3.35. The van der Waals surface area contributed by atoms with Crippen molar-refractivity contribution >= 4 is 28.1 Å². The van der Waals surface area contributed by atoms with Crippen LogP contribution in [0.2, 0.25) is 0 Å². The molecule has 1 aliphatic heterocycles. The van der Waals surface area contributed by atoms with Gasteiger partial charge >= 0.3 is 0 Å². The van der Waals surface area contributed by atoms with Gasteiger partial charge in [-0.25, -0.2) is 12.8 Å². The molecule has 0 spiro atoms. The predicted octanol–water partition coefficient (Wildman–Crippen LogP) is 1.77. The van der Waals surface area contributed by atoms with Crippen molar-refractivity contribution in [1.29, 1.82) is 0 Å². The van der Waals surface area contributed by atoms with Crippen LogP contribution in [0, 0.1) is 5.82 Å². The Hall–Kier alpha value is -0.850. The predicted molar refractivity (Wildman–Crippen MR) is 76.9 cm³/mol. The highest BCUT2D eigenvalue weighted by atomic mass is 35.5. The van der Waals surface area contributed by atoms with E-state index in [4.69, 9.17) is 0 Å². The van der Waals surface area contributed by atoms with Crippen LogP contribution >= 0.6 is 12.4 Å². The third-order valence-corrected chi connectivity index (χ3v) is 4.30. The molecule has 1 aromatic carbocycles. The van der Waals surface area contributed by atoms with Crippen LogP contribution in [-0.2, 0) is 10.0 Å². The average molecular weight is 309 g/mol. The first-order valence-electron chi connectivity index (χ1n) is 5.94. The van der Waals surface area contributed by atoms with Gasteiger partial charge in [0, 0.05) is 6.04 Å². The van der Waals surface area contributed by atoms with Crippen LogP contribution < -0.4 is 9.62 Å². The molecule has 1 N–H and O–H groups in total. The van der Waals surface area contributed by atoms with E-state index in [1.807, 2.05) is 0 Å². The lowest BCUT2D eigenvalue weighted by Crippen LogP contribution is -2.45. The van der Waals surface area contributed by atoms with E-state index in [0.717, 1.165) is 25.9 Å². The molecule has 0 atom stereocenters. The first-order chi connectivity index (χ1) is 8.48. The van der Waals surface area contributed by atoms with Crippen molar-refractivity contribution in [2.45, 2.75) is 18.9 Å². The maximum Gasteiger partial charge on any atom is 0.232 e. The van der Waals surface area contributed by atoms with Crippen LogP contribution in [0.1, 0.15) is 12.8 Å². The van der Waals surface area contributed by atoms with Gasteiger partial charge in [0.1, 0.15) is 5.82 Å². The summed E-state index contributed by atoms with van der Waals surface area (Å²) in [4.78, 5) is 0. The largest absolute Gasteiger partial charge is 0.317 e. The highest BCUT2D eigenvalue weighted by molar-refractivity contribution is 7.92. The molecule has 7 heteroatoms. The molecule has 0 bridgehead atoms. The topological polar surface area (TPSA) is 49.4 Å². The first kappa shape index (κ1) is 16.2. The molecule has 0 amide bonds. The number of hydrogen-bond acceptors (Lipinski definition) is 3. The summed E-state index contributed by atoms with van der Waals surface area (Å²) in [6, 6.07) is 5.55. The number of piperidine rings is 1. The second-order valence-electron chi connectivity index (χ2n) is 4.52. The minimum atomic E-state index is -3.35. The van der Waals surface area contributed by atoms with Crippen LogP contribution in [0.25, 0.3) is 0 Å². The molecule has 1 saturated heterocycles. The number of nitrogens with one attached hydrogen (secondary N) is 1. The summed E-state index contributed by atoms with van der Waals surface area (Å²) < 4.78 is 38.2. The van der Waals surface area contributed by atoms with Gasteiger partial charge in [-0.15, -0.1) is 12.4 Å². The Bertz CT molecular complexity index is 501. The molecule has 108 valence electrons. The Kier molecular flexibility index (Phi) is 5.58. The zero-order valence-corrected chi connectivity index (χ0v) is 12.3. The van der Waals surface area contributed by atoms with Crippen molar-refractivity contribution in [2.75, 3.05) is 23.7 Å². The Morgan fingerprint density at radius 1 is 1.21 bits per heavy atom. The Morgan fingerprint density at radius 2 is 1.74 bits per heavy atom. The number of anilines is 1. The van der Waals surface area contributed by atoms with Crippen LogP contribution in [0.4, 0.5) is 10.1 Å². The molecule has 0 radical (unpaired) electrons. The smallest absolute Gasteiger partial charge is 0.232 e. The van der Waals surface area contributed by atoms with E-state index in [1.165, 1.54) is 34.8 Å². The molecule has 1 heterocycles. The highest BCUT2D eigenvalue weighted by Crippen LogP contribution is 2.24. The standard InChI is InChI=1S/C12H17FN2O2S.ClH/c1-18(16,17)15(12-6-8-14-9-7-12)11-4-2-10(13)3-5-11;/h2-5,12,14H,6-9H2,1H3;1H. The van der Waals surface area contributed by atoms with Crippen LogP contribution in [0.5, 0.6) is 0 Å². The fourth-order valence-electron chi connectivity index (χ4n) is 2.30. The van der Waals surface area contributed by atoms with Gasteiger partial charge < -0.3 is 5.32 Å². The zero-order chi connectivity index (χ0) is 13.2. The number of hydrogen-bond donors (Lipinski definition) is 1. The second-order valence-corrected chi connectivity index (χ2v) is 6.38. The minimum Gasteiger partial charge on any atom is -0.317 e. The lowest BCUT2D eigenvalue weighted by Gasteiger charge is -2.34. The quantitative estimate of drug-likeness (QED) is 0.926. The van der Waals surface area contributed by atoms with Crippen LogP contribution in [0.15, 0.2) is 24.3 Å². The molecule has 0 unspecified atom stereocenters. The Labute approximate surface area is 119 Å². The Balaban J connectivity index is 0.00000180. The van der Waals surface area contributed by atoms with Crippen molar-refractivity contribution < 1.29 is 12.8 Å². The summed E-state index contributed by atoms with van der Waals surface area (Å²) in [5.74, 6) is -0.363. The monoisotopic (exact) mass is 308 g/mol. The van der Waals surface area contributed by atoms with Gasteiger partial charge in [-0.3, -0.25) is 4.31 Å². The second kappa shape index (κ2) is 6.54. The van der Waals surface area contributed by atoms with Crippen molar-refractivity contribution in [1.82, 2.24) is 5.32 Å². The first-order valence-corrected chi connectivity index (χ1v) is 7.79. The molecule has 1 aliphatic rings. The van der Waals surface area contributed by atoms with E-state index in [1.54, 1.807) is 0 Å². The van der Waals surface area contributed by atoms with Gasteiger partial charge in [0.05, 0.1) is 11.9 Å². The molecular formula is C12H18ClFN2O2S. The van der Waals surface area contributed by atoms with Gasteiger partial charge in [0.2, 0.25) is 10.0 Å². The lowest BCUT2D eigenvalue weighted by molar-refractivity contribution is 0.454. The van der Waals surface area contributed by atoms with E-state index in [-0.39, 0.29) is 24.3 Å². The summed E-state index contributed by atoms with van der Waals surface area (Å²) in [5, 5.41) is 3.20. The number of rotatable bonds is 3. The minimum absolute atomic E-state index is 0. The van der Waals surface area contributed by atoms with Crippen LogP contribution in [-0.4, -0.2) is 33.8 Å². The molecular weight excluding hydrogens is 291 g/mol. The van der Waals surface area contributed by atoms with Gasteiger partial charge in [-0.1, -0.05) is 0 Å². The van der Waals surface area contributed by atoms with Crippen molar-refractivity contribution in [2.24, 2.45) is 0 Å². The fourth-order valence-corrected chi connectivity index (χ4v) is 3.56. The normalized spacial score (nSPS) is 16.7.